The maximum atomic E-state index is 12.2. The number of fused-ring (bicyclic) bond motifs is 1. The van der Waals surface area contributed by atoms with Gasteiger partial charge in [-0.1, -0.05) is 24.3 Å². The van der Waals surface area contributed by atoms with E-state index < -0.39 is 0 Å². The van der Waals surface area contributed by atoms with Crippen LogP contribution in [0.2, 0.25) is 0 Å². The molecule has 0 radical (unpaired) electrons. The van der Waals surface area contributed by atoms with Crippen molar-refractivity contribution in [3.05, 3.63) is 35.4 Å². The van der Waals surface area contributed by atoms with Crippen LogP contribution < -0.4 is 10.6 Å². The SMILES string of the molecule is O=C(NCCCC(=O)N1Cc2ccccc2C1)C1CCNC1. The topological polar surface area (TPSA) is 61.4 Å². The number of nitrogens with zero attached hydrogens (tertiary/aromatic N) is 1. The molecule has 5 nitrogen and oxygen atoms in total. The molecule has 0 aromatic heterocycles. The number of amides is 2. The molecule has 2 aliphatic heterocycles. The third-order valence-electron chi connectivity index (χ3n) is 4.49. The first-order valence-corrected chi connectivity index (χ1v) is 8.07. The molecule has 0 saturated carbocycles. The van der Waals surface area contributed by atoms with Crippen molar-refractivity contribution < 1.29 is 9.59 Å². The van der Waals surface area contributed by atoms with Crippen molar-refractivity contribution >= 4 is 11.8 Å². The van der Waals surface area contributed by atoms with Gasteiger partial charge >= 0.3 is 0 Å². The smallest absolute Gasteiger partial charge is 0.224 e. The molecule has 2 aliphatic rings. The van der Waals surface area contributed by atoms with Crippen LogP contribution in [0, 0.1) is 5.92 Å². The van der Waals surface area contributed by atoms with Gasteiger partial charge < -0.3 is 15.5 Å². The fraction of sp³-hybridized carbons (Fsp3) is 0.529. The molecule has 1 saturated heterocycles. The summed E-state index contributed by atoms with van der Waals surface area (Å²) < 4.78 is 0. The number of hydrogen-bond acceptors (Lipinski definition) is 3. The summed E-state index contributed by atoms with van der Waals surface area (Å²) in [6.07, 6.45) is 2.12. The maximum absolute atomic E-state index is 12.2. The quantitative estimate of drug-likeness (QED) is 0.799. The molecule has 0 bridgehead atoms. The van der Waals surface area contributed by atoms with Gasteiger partial charge in [0.1, 0.15) is 0 Å². The zero-order valence-corrected chi connectivity index (χ0v) is 12.8. The summed E-state index contributed by atoms with van der Waals surface area (Å²) in [7, 11) is 0. The first-order valence-electron chi connectivity index (χ1n) is 8.07. The molecule has 1 aromatic carbocycles. The highest BCUT2D eigenvalue weighted by molar-refractivity contribution is 5.79. The molecule has 3 rings (SSSR count). The Hall–Kier alpha value is -1.88. The van der Waals surface area contributed by atoms with E-state index in [1.165, 1.54) is 11.1 Å². The van der Waals surface area contributed by atoms with E-state index in [-0.39, 0.29) is 17.7 Å². The Morgan fingerprint density at radius 2 is 1.95 bits per heavy atom. The van der Waals surface area contributed by atoms with Gasteiger partial charge in [0.25, 0.3) is 0 Å². The Kier molecular flexibility index (Phi) is 4.73. The standard InChI is InChI=1S/C17H23N3O2/c21-16(20-11-14-4-1-2-5-15(14)12-20)6-3-8-19-17(22)13-7-9-18-10-13/h1-2,4-5,13,18H,3,6-12H2,(H,19,22). The summed E-state index contributed by atoms with van der Waals surface area (Å²) in [4.78, 5) is 26.0. The van der Waals surface area contributed by atoms with Crippen molar-refractivity contribution in [1.82, 2.24) is 15.5 Å². The molecule has 1 aromatic rings. The van der Waals surface area contributed by atoms with Crippen molar-refractivity contribution in [1.29, 1.82) is 0 Å². The maximum Gasteiger partial charge on any atom is 0.224 e. The largest absolute Gasteiger partial charge is 0.356 e. The van der Waals surface area contributed by atoms with Gasteiger partial charge in [-0.2, -0.15) is 0 Å². The van der Waals surface area contributed by atoms with E-state index in [1.807, 2.05) is 17.0 Å². The van der Waals surface area contributed by atoms with E-state index in [4.69, 9.17) is 0 Å². The summed E-state index contributed by atoms with van der Waals surface area (Å²) in [6.45, 7) is 3.72. The minimum Gasteiger partial charge on any atom is -0.356 e. The summed E-state index contributed by atoms with van der Waals surface area (Å²) in [6, 6.07) is 8.19. The predicted octanol–water partition coefficient (Wildman–Crippen LogP) is 1.03. The van der Waals surface area contributed by atoms with Gasteiger partial charge in [0.05, 0.1) is 5.92 Å². The molecular weight excluding hydrogens is 278 g/mol. The van der Waals surface area contributed by atoms with Gasteiger partial charge in [-0.15, -0.1) is 0 Å². The van der Waals surface area contributed by atoms with Crippen LogP contribution in [0.25, 0.3) is 0 Å². The number of rotatable bonds is 5. The van der Waals surface area contributed by atoms with Gasteiger partial charge in [-0.25, -0.2) is 0 Å². The fourth-order valence-electron chi connectivity index (χ4n) is 3.14. The molecule has 0 spiro atoms. The van der Waals surface area contributed by atoms with Crippen LogP contribution in [0.4, 0.5) is 0 Å². The number of nitrogens with one attached hydrogen (secondary N) is 2. The van der Waals surface area contributed by atoms with Crippen LogP contribution in [0.5, 0.6) is 0 Å². The predicted molar refractivity (Wildman–Crippen MR) is 83.9 cm³/mol. The lowest BCUT2D eigenvalue weighted by Gasteiger charge is -2.15. The number of carbonyl (C=O) groups is 2. The van der Waals surface area contributed by atoms with Crippen molar-refractivity contribution in [2.24, 2.45) is 5.92 Å². The zero-order chi connectivity index (χ0) is 15.4. The lowest BCUT2D eigenvalue weighted by atomic mass is 10.1. The lowest BCUT2D eigenvalue weighted by molar-refractivity contribution is -0.132. The molecule has 1 unspecified atom stereocenters. The second kappa shape index (κ2) is 6.92. The van der Waals surface area contributed by atoms with E-state index in [2.05, 4.69) is 22.8 Å². The van der Waals surface area contributed by atoms with Crippen molar-refractivity contribution in [3.63, 3.8) is 0 Å². The molecule has 1 fully saturated rings. The number of hydrogen-bond donors (Lipinski definition) is 2. The Morgan fingerprint density at radius 1 is 1.23 bits per heavy atom. The summed E-state index contributed by atoms with van der Waals surface area (Å²) in [5.74, 6) is 0.391. The highest BCUT2D eigenvalue weighted by atomic mass is 16.2. The highest BCUT2D eigenvalue weighted by Crippen LogP contribution is 2.22. The number of benzene rings is 1. The molecule has 22 heavy (non-hydrogen) atoms. The normalized spacial score (nSPS) is 20.0. The van der Waals surface area contributed by atoms with Gasteiger partial charge in [-0.3, -0.25) is 9.59 Å². The van der Waals surface area contributed by atoms with Crippen molar-refractivity contribution in [3.8, 4) is 0 Å². The third-order valence-corrected chi connectivity index (χ3v) is 4.49. The van der Waals surface area contributed by atoms with Gasteiger partial charge in [0, 0.05) is 32.6 Å². The Morgan fingerprint density at radius 3 is 2.59 bits per heavy atom. The molecule has 2 heterocycles. The second-order valence-corrected chi connectivity index (χ2v) is 6.10. The van der Waals surface area contributed by atoms with Gasteiger partial charge in [-0.05, 0) is 30.5 Å². The Labute approximate surface area is 131 Å². The van der Waals surface area contributed by atoms with E-state index in [0.717, 1.165) is 32.6 Å². The zero-order valence-electron chi connectivity index (χ0n) is 12.8. The lowest BCUT2D eigenvalue weighted by Crippen LogP contribution is -2.33. The Bertz CT molecular complexity index is 528. The van der Waals surface area contributed by atoms with Gasteiger partial charge in [0.2, 0.25) is 11.8 Å². The van der Waals surface area contributed by atoms with E-state index in [9.17, 15) is 9.59 Å². The summed E-state index contributed by atoms with van der Waals surface area (Å²) in [5, 5.41) is 6.12. The molecule has 2 N–H and O–H groups in total. The summed E-state index contributed by atoms with van der Waals surface area (Å²) >= 11 is 0. The van der Waals surface area contributed by atoms with Crippen LogP contribution >= 0.6 is 0 Å². The second-order valence-electron chi connectivity index (χ2n) is 6.10. The molecule has 5 heteroatoms. The van der Waals surface area contributed by atoms with Crippen LogP contribution in [-0.2, 0) is 22.7 Å². The van der Waals surface area contributed by atoms with Crippen LogP contribution in [0.1, 0.15) is 30.4 Å². The molecule has 118 valence electrons. The highest BCUT2D eigenvalue weighted by Gasteiger charge is 2.23. The van der Waals surface area contributed by atoms with Crippen LogP contribution in [0.15, 0.2) is 24.3 Å². The van der Waals surface area contributed by atoms with Crippen LogP contribution in [0.3, 0.4) is 0 Å². The van der Waals surface area contributed by atoms with Crippen LogP contribution in [-0.4, -0.2) is 36.3 Å². The molecular formula is C17H23N3O2. The first-order chi connectivity index (χ1) is 10.7. The number of carbonyl (C=O) groups excluding carboxylic acids is 2. The minimum atomic E-state index is 0.101. The summed E-state index contributed by atoms with van der Waals surface area (Å²) in [5.41, 5.74) is 2.50. The average Bonchev–Trinajstić information content (AvgIpc) is 3.19. The monoisotopic (exact) mass is 301 g/mol. The van der Waals surface area contributed by atoms with E-state index >= 15 is 0 Å². The average molecular weight is 301 g/mol. The van der Waals surface area contributed by atoms with Crippen molar-refractivity contribution in [2.75, 3.05) is 19.6 Å². The first kappa shape index (κ1) is 15.0. The Balaban J connectivity index is 1.36. The minimum absolute atomic E-state index is 0.101. The van der Waals surface area contributed by atoms with E-state index in [1.54, 1.807) is 0 Å². The fourth-order valence-corrected chi connectivity index (χ4v) is 3.14. The van der Waals surface area contributed by atoms with Crippen molar-refractivity contribution in [2.45, 2.75) is 32.4 Å². The third kappa shape index (κ3) is 3.47. The molecule has 2 amide bonds. The van der Waals surface area contributed by atoms with E-state index in [0.29, 0.717) is 19.4 Å². The molecule has 0 aliphatic carbocycles. The molecule has 1 atom stereocenters. The van der Waals surface area contributed by atoms with Gasteiger partial charge in [0.15, 0.2) is 0 Å².